The zero-order valence-electron chi connectivity index (χ0n) is 22.5. The minimum absolute atomic E-state index is 1.07. The van der Waals surface area contributed by atoms with Gasteiger partial charge in [-0.25, -0.2) is 0 Å². The van der Waals surface area contributed by atoms with Crippen molar-refractivity contribution in [3.8, 4) is 0 Å². The second kappa shape index (κ2) is 30.8. The highest BCUT2D eigenvalue weighted by atomic mass is 14.6. The van der Waals surface area contributed by atoms with Crippen LogP contribution in [0.25, 0.3) is 0 Å². The van der Waals surface area contributed by atoms with Crippen molar-refractivity contribution in [3.63, 3.8) is 0 Å². The van der Waals surface area contributed by atoms with Gasteiger partial charge in [0.1, 0.15) is 0 Å². The van der Waals surface area contributed by atoms with E-state index in [0.717, 1.165) is 11.4 Å². The van der Waals surface area contributed by atoms with Crippen LogP contribution >= 0.6 is 0 Å². The maximum atomic E-state index is 3.98. The Kier molecular flexibility index (Phi) is 29.0. The molecule has 36 heavy (non-hydrogen) atoms. The molecule has 190 valence electrons. The molecule has 0 radical (unpaired) electrons. The summed E-state index contributed by atoms with van der Waals surface area (Å²) in [5, 5.41) is 0. The predicted molar refractivity (Wildman–Crippen MR) is 153 cm³/mol. The molecule has 0 spiro atoms. The van der Waals surface area contributed by atoms with Crippen LogP contribution in [0.4, 0.5) is 0 Å². The zero-order valence-corrected chi connectivity index (χ0v) is 22.5. The molecular weight excluding hydrogens is 442 g/mol. The Hall–Kier alpha value is -4.25. The molecule has 0 aromatic carbocycles. The summed E-state index contributed by atoms with van der Waals surface area (Å²) in [6, 6.07) is 28.9. The first-order chi connectivity index (χ1) is 17.8. The molecule has 5 aromatic rings. The van der Waals surface area contributed by atoms with E-state index in [9.17, 15) is 0 Å². The average molecular weight is 484 g/mol. The summed E-state index contributed by atoms with van der Waals surface area (Å²) in [4.78, 5) is 19.3. The summed E-state index contributed by atoms with van der Waals surface area (Å²) < 4.78 is 0. The Morgan fingerprint density at radius 1 is 0.333 bits per heavy atom. The summed E-state index contributed by atoms with van der Waals surface area (Å²) in [7, 11) is 0. The molecule has 0 N–H and O–H groups in total. The third kappa shape index (κ3) is 27.8. The summed E-state index contributed by atoms with van der Waals surface area (Å²) in [6.45, 7) is 11.9. The van der Waals surface area contributed by atoms with Gasteiger partial charge in [0.25, 0.3) is 0 Å². The summed E-state index contributed by atoms with van der Waals surface area (Å²) in [5.41, 5.74) is 2.14. The van der Waals surface area contributed by atoms with Crippen molar-refractivity contribution >= 4 is 0 Å². The fourth-order valence-corrected chi connectivity index (χ4v) is 1.83. The molecule has 5 heterocycles. The van der Waals surface area contributed by atoms with E-state index >= 15 is 0 Å². The second-order valence-corrected chi connectivity index (χ2v) is 6.02. The number of hydrogen-bond donors (Lipinski definition) is 0. The molecular formula is C31H41N5. The van der Waals surface area contributed by atoms with E-state index < -0.39 is 0 Å². The van der Waals surface area contributed by atoms with E-state index in [2.05, 4.69) is 24.9 Å². The van der Waals surface area contributed by atoms with E-state index in [1.165, 1.54) is 0 Å². The minimum Gasteiger partial charge on any atom is -0.265 e. The van der Waals surface area contributed by atoms with Crippen molar-refractivity contribution in [3.05, 3.63) is 152 Å². The molecule has 0 unspecified atom stereocenters. The van der Waals surface area contributed by atoms with Gasteiger partial charge in [-0.15, -0.1) is 0 Å². The Bertz CT molecular complexity index is 777. The maximum absolute atomic E-state index is 3.98. The van der Waals surface area contributed by atoms with Gasteiger partial charge in [0.2, 0.25) is 0 Å². The largest absolute Gasteiger partial charge is 0.265 e. The van der Waals surface area contributed by atoms with Crippen LogP contribution in [0, 0.1) is 13.8 Å². The van der Waals surface area contributed by atoms with Gasteiger partial charge < -0.3 is 0 Å². The molecule has 0 saturated carbocycles. The van der Waals surface area contributed by atoms with Gasteiger partial charge >= 0.3 is 0 Å². The van der Waals surface area contributed by atoms with Crippen molar-refractivity contribution in [1.29, 1.82) is 0 Å². The molecule has 0 amide bonds. The van der Waals surface area contributed by atoms with Crippen molar-refractivity contribution < 1.29 is 0 Å². The van der Waals surface area contributed by atoms with Crippen LogP contribution in [-0.4, -0.2) is 24.9 Å². The van der Waals surface area contributed by atoms with E-state index in [1.807, 2.05) is 133 Å². The number of rotatable bonds is 0. The fourth-order valence-electron chi connectivity index (χ4n) is 1.83. The SMILES string of the molecule is CC.CC.Cc1ccccn1.Cc1ccccn1.c1ccncc1.c1ccncc1.c1ccncc1. The van der Waals surface area contributed by atoms with E-state index in [-0.39, 0.29) is 0 Å². The first-order valence-electron chi connectivity index (χ1n) is 12.1. The Morgan fingerprint density at radius 2 is 0.583 bits per heavy atom. The lowest BCUT2D eigenvalue weighted by Gasteiger charge is -1.82. The number of aryl methyl sites for hydroxylation is 2. The predicted octanol–water partition coefficient (Wildman–Crippen LogP) is 8.08. The van der Waals surface area contributed by atoms with Crippen LogP contribution in [0.15, 0.2) is 141 Å². The molecule has 0 saturated heterocycles. The average Bonchev–Trinajstić information content (AvgIpc) is 3.00. The van der Waals surface area contributed by atoms with Gasteiger partial charge in [0.05, 0.1) is 0 Å². The normalized spacial score (nSPS) is 7.72. The Labute approximate surface area is 218 Å². The molecule has 0 aliphatic carbocycles. The second-order valence-electron chi connectivity index (χ2n) is 6.02. The first kappa shape index (κ1) is 33.9. The number of nitrogens with zero attached hydrogens (tertiary/aromatic N) is 5. The van der Waals surface area contributed by atoms with E-state index in [4.69, 9.17) is 0 Å². The van der Waals surface area contributed by atoms with Gasteiger partial charge in [0, 0.05) is 61.0 Å². The summed E-state index contributed by atoms with van der Waals surface area (Å²) >= 11 is 0. The van der Waals surface area contributed by atoms with Crippen LogP contribution in [-0.2, 0) is 0 Å². The topological polar surface area (TPSA) is 64.5 Å². The molecule has 5 rings (SSSR count). The van der Waals surface area contributed by atoms with Gasteiger partial charge in [-0.2, -0.15) is 0 Å². The maximum Gasteiger partial charge on any atom is 0.0372 e. The highest BCUT2D eigenvalue weighted by molar-refractivity contribution is 5.00. The van der Waals surface area contributed by atoms with Gasteiger partial charge in [-0.1, -0.05) is 58.0 Å². The quantitative estimate of drug-likeness (QED) is 0.223. The van der Waals surface area contributed by atoms with Gasteiger partial charge in [0.15, 0.2) is 0 Å². The number of hydrogen-bond acceptors (Lipinski definition) is 5. The number of pyridine rings is 5. The van der Waals surface area contributed by atoms with Crippen LogP contribution in [0.3, 0.4) is 0 Å². The molecule has 0 bridgehead atoms. The monoisotopic (exact) mass is 483 g/mol. The minimum atomic E-state index is 1.07. The van der Waals surface area contributed by atoms with Crippen molar-refractivity contribution in [2.45, 2.75) is 41.5 Å². The third-order valence-electron chi connectivity index (χ3n) is 3.33. The lowest BCUT2D eigenvalue weighted by Crippen LogP contribution is -1.72. The summed E-state index contributed by atoms with van der Waals surface area (Å²) in [6.07, 6.45) is 14.1. The van der Waals surface area contributed by atoms with Crippen molar-refractivity contribution in [2.24, 2.45) is 0 Å². The van der Waals surface area contributed by atoms with Gasteiger partial charge in [-0.3, -0.25) is 24.9 Å². The van der Waals surface area contributed by atoms with E-state index in [1.54, 1.807) is 49.6 Å². The van der Waals surface area contributed by atoms with Gasteiger partial charge in [-0.05, 0) is 74.5 Å². The highest BCUT2D eigenvalue weighted by Crippen LogP contribution is 1.86. The molecule has 0 atom stereocenters. The Morgan fingerprint density at radius 3 is 0.667 bits per heavy atom. The molecule has 5 heteroatoms. The Balaban J connectivity index is 0. The third-order valence-corrected chi connectivity index (χ3v) is 3.33. The van der Waals surface area contributed by atoms with E-state index in [0.29, 0.717) is 0 Å². The van der Waals surface area contributed by atoms with Crippen LogP contribution in [0.1, 0.15) is 39.1 Å². The lowest BCUT2D eigenvalue weighted by molar-refractivity contribution is 1.20. The molecule has 0 fully saturated rings. The first-order valence-corrected chi connectivity index (χ1v) is 12.1. The standard InChI is InChI=1S/2C6H7N.3C5H5N.2C2H6/c2*1-6-4-2-3-5-7-6;3*1-2-4-6-5-3-1;2*1-2/h2*2-5H,1H3;3*1-5H;2*1-2H3. The van der Waals surface area contributed by atoms with Crippen LogP contribution in [0.2, 0.25) is 0 Å². The summed E-state index contributed by atoms with van der Waals surface area (Å²) in [5.74, 6) is 0. The smallest absolute Gasteiger partial charge is 0.0372 e. The van der Waals surface area contributed by atoms with Crippen molar-refractivity contribution in [1.82, 2.24) is 24.9 Å². The van der Waals surface area contributed by atoms with Crippen LogP contribution in [0.5, 0.6) is 0 Å². The molecule has 5 nitrogen and oxygen atoms in total. The number of aromatic nitrogens is 5. The molecule has 0 aliphatic heterocycles. The highest BCUT2D eigenvalue weighted by Gasteiger charge is 1.74. The van der Waals surface area contributed by atoms with Crippen molar-refractivity contribution in [2.75, 3.05) is 0 Å². The van der Waals surface area contributed by atoms with Crippen LogP contribution < -0.4 is 0 Å². The molecule has 0 aliphatic rings. The zero-order chi connectivity index (χ0) is 27.0. The fraction of sp³-hybridized carbons (Fsp3) is 0.194. The lowest BCUT2D eigenvalue weighted by atomic mass is 10.4. The molecule has 5 aromatic heterocycles.